The van der Waals surface area contributed by atoms with Crippen LogP contribution in [0.25, 0.3) is 5.69 Å². The van der Waals surface area contributed by atoms with Crippen molar-refractivity contribution in [3.05, 3.63) is 53.9 Å². The Balaban J connectivity index is 2.53. The van der Waals surface area contributed by atoms with Gasteiger partial charge in [-0.05, 0) is 30.7 Å². The number of hydrogen-bond donors (Lipinski definition) is 1. The van der Waals surface area contributed by atoms with Crippen LogP contribution in [0.4, 0.5) is 0 Å². The molecule has 0 aliphatic carbocycles. The average Bonchev–Trinajstić information content (AvgIpc) is 2.70. The lowest BCUT2D eigenvalue weighted by Crippen LogP contribution is -2.03. The summed E-state index contributed by atoms with van der Waals surface area (Å²) in [6, 6.07) is 10.4. The zero-order valence-corrected chi connectivity index (χ0v) is 8.27. The van der Waals surface area contributed by atoms with E-state index < -0.39 is 0 Å². The summed E-state index contributed by atoms with van der Waals surface area (Å²) in [5.74, 6) is 0. The predicted molar refractivity (Wildman–Crippen MR) is 58.4 cm³/mol. The first-order chi connectivity index (χ1) is 6.81. The number of nitrogens with zero attached hydrogens (tertiary/aromatic N) is 1. The molecule has 0 fully saturated rings. The fourth-order valence-electron chi connectivity index (χ4n) is 1.62. The Bertz CT molecular complexity index is 416. The third kappa shape index (κ3) is 1.56. The number of hydrogen-bond acceptors (Lipinski definition) is 1. The molecule has 72 valence electrons. The minimum absolute atomic E-state index is 0.579. The van der Waals surface area contributed by atoms with E-state index in [4.69, 9.17) is 5.73 Å². The normalized spacial score (nSPS) is 10.4. The number of aromatic nitrogens is 1. The van der Waals surface area contributed by atoms with Crippen LogP contribution in [0.5, 0.6) is 0 Å². The molecule has 0 saturated carbocycles. The smallest absolute Gasteiger partial charge is 0.0494 e. The number of rotatable bonds is 2. The van der Waals surface area contributed by atoms with E-state index in [2.05, 4.69) is 29.7 Å². The molecular formula is C12H14N2. The first kappa shape index (κ1) is 9.03. The maximum Gasteiger partial charge on any atom is 0.0494 e. The van der Waals surface area contributed by atoms with Gasteiger partial charge in [-0.2, -0.15) is 0 Å². The van der Waals surface area contributed by atoms with E-state index in [0.717, 1.165) is 0 Å². The molecule has 1 aromatic heterocycles. The monoisotopic (exact) mass is 186 g/mol. The molecule has 0 amide bonds. The molecule has 0 spiro atoms. The Labute approximate surface area is 84.0 Å². The van der Waals surface area contributed by atoms with Crippen molar-refractivity contribution in [3.8, 4) is 5.69 Å². The van der Waals surface area contributed by atoms with Crippen LogP contribution in [0.15, 0.2) is 42.7 Å². The van der Waals surface area contributed by atoms with Crippen LogP contribution in [-0.4, -0.2) is 4.57 Å². The second kappa shape index (κ2) is 3.68. The quantitative estimate of drug-likeness (QED) is 0.766. The van der Waals surface area contributed by atoms with Gasteiger partial charge in [0, 0.05) is 24.6 Å². The van der Waals surface area contributed by atoms with E-state index in [-0.39, 0.29) is 0 Å². The Morgan fingerprint density at radius 2 is 1.93 bits per heavy atom. The van der Waals surface area contributed by atoms with Gasteiger partial charge in [0.05, 0.1) is 0 Å². The van der Waals surface area contributed by atoms with Gasteiger partial charge in [-0.15, -0.1) is 0 Å². The SMILES string of the molecule is Cc1ccc(-n2cccc2)c(CN)c1. The Morgan fingerprint density at radius 3 is 2.57 bits per heavy atom. The van der Waals surface area contributed by atoms with Gasteiger partial charge >= 0.3 is 0 Å². The summed E-state index contributed by atoms with van der Waals surface area (Å²) in [4.78, 5) is 0. The molecule has 2 nitrogen and oxygen atoms in total. The molecule has 0 bridgehead atoms. The topological polar surface area (TPSA) is 30.9 Å². The lowest BCUT2D eigenvalue weighted by Gasteiger charge is -2.09. The maximum absolute atomic E-state index is 5.71. The van der Waals surface area contributed by atoms with Crippen LogP contribution < -0.4 is 5.73 Å². The van der Waals surface area contributed by atoms with E-state index in [0.29, 0.717) is 6.54 Å². The van der Waals surface area contributed by atoms with E-state index >= 15 is 0 Å². The van der Waals surface area contributed by atoms with Crippen molar-refractivity contribution in [1.82, 2.24) is 4.57 Å². The van der Waals surface area contributed by atoms with Gasteiger partial charge in [0.2, 0.25) is 0 Å². The molecule has 2 aromatic rings. The molecule has 14 heavy (non-hydrogen) atoms. The summed E-state index contributed by atoms with van der Waals surface area (Å²) in [6.07, 6.45) is 4.06. The molecule has 2 heteroatoms. The third-order valence-electron chi connectivity index (χ3n) is 2.34. The first-order valence-corrected chi connectivity index (χ1v) is 4.74. The molecule has 0 atom stereocenters. The van der Waals surface area contributed by atoms with Crippen molar-refractivity contribution >= 4 is 0 Å². The number of benzene rings is 1. The maximum atomic E-state index is 5.71. The molecule has 2 N–H and O–H groups in total. The molecule has 0 aliphatic heterocycles. The van der Waals surface area contributed by atoms with Crippen molar-refractivity contribution in [1.29, 1.82) is 0 Å². The molecule has 0 unspecified atom stereocenters. The highest BCUT2D eigenvalue weighted by atomic mass is 14.9. The van der Waals surface area contributed by atoms with Crippen LogP contribution in [0.3, 0.4) is 0 Å². The van der Waals surface area contributed by atoms with E-state index in [1.807, 2.05) is 24.5 Å². The van der Waals surface area contributed by atoms with Crippen LogP contribution in [0, 0.1) is 6.92 Å². The average molecular weight is 186 g/mol. The van der Waals surface area contributed by atoms with Crippen molar-refractivity contribution in [2.24, 2.45) is 5.73 Å². The zero-order chi connectivity index (χ0) is 9.97. The van der Waals surface area contributed by atoms with Crippen LogP contribution >= 0.6 is 0 Å². The minimum Gasteiger partial charge on any atom is -0.326 e. The Kier molecular flexibility index (Phi) is 2.37. The fourth-order valence-corrected chi connectivity index (χ4v) is 1.62. The van der Waals surface area contributed by atoms with E-state index in [1.54, 1.807) is 0 Å². The summed E-state index contributed by atoms with van der Waals surface area (Å²) in [5, 5.41) is 0. The predicted octanol–water partition coefficient (Wildman–Crippen LogP) is 2.24. The summed E-state index contributed by atoms with van der Waals surface area (Å²) in [7, 11) is 0. The largest absolute Gasteiger partial charge is 0.326 e. The van der Waals surface area contributed by atoms with E-state index in [1.165, 1.54) is 16.8 Å². The van der Waals surface area contributed by atoms with Crippen LogP contribution in [0.2, 0.25) is 0 Å². The van der Waals surface area contributed by atoms with Crippen molar-refractivity contribution in [2.45, 2.75) is 13.5 Å². The van der Waals surface area contributed by atoms with Crippen molar-refractivity contribution in [3.63, 3.8) is 0 Å². The molecule has 1 aromatic carbocycles. The van der Waals surface area contributed by atoms with Gasteiger partial charge in [0.15, 0.2) is 0 Å². The van der Waals surface area contributed by atoms with Gasteiger partial charge < -0.3 is 10.3 Å². The zero-order valence-electron chi connectivity index (χ0n) is 8.27. The molecule has 0 aliphatic rings. The van der Waals surface area contributed by atoms with Gasteiger partial charge in [-0.25, -0.2) is 0 Å². The van der Waals surface area contributed by atoms with Crippen LogP contribution in [-0.2, 0) is 6.54 Å². The second-order valence-corrected chi connectivity index (χ2v) is 3.43. The summed E-state index contributed by atoms with van der Waals surface area (Å²) in [6.45, 7) is 2.66. The van der Waals surface area contributed by atoms with Crippen LogP contribution in [0.1, 0.15) is 11.1 Å². The lowest BCUT2D eigenvalue weighted by atomic mass is 10.1. The van der Waals surface area contributed by atoms with Gasteiger partial charge in [0.1, 0.15) is 0 Å². The molecule has 0 saturated heterocycles. The molecule has 1 heterocycles. The van der Waals surface area contributed by atoms with Gasteiger partial charge in [-0.3, -0.25) is 0 Å². The van der Waals surface area contributed by atoms with Crippen molar-refractivity contribution in [2.75, 3.05) is 0 Å². The van der Waals surface area contributed by atoms with Gasteiger partial charge in [0.25, 0.3) is 0 Å². The fraction of sp³-hybridized carbons (Fsp3) is 0.167. The Hall–Kier alpha value is -1.54. The van der Waals surface area contributed by atoms with Crippen molar-refractivity contribution < 1.29 is 0 Å². The number of nitrogens with two attached hydrogens (primary N) is 1. The highest BCUT2D eigenvalue weighted by Gasteiger charge is 2.01. The lowest BCUT2D eigenvalue weighted by molar-refractivity contribution is 0.988. The molecule has 0 radical (unpaired) electrons. The molecular weight excluding hydrogens is 172 g/mol. The number of aryl methyl sites for hydroxylation is 1. The highest BCUT2D eigenvalue weighted by molar-refractivity contribution is 5.43. The van der Waals surface area contributed by atoms with Gasteiger partial charge in [-0.1, -0.05) is 17.7 Å². The first-order valence-electron chi connectivity index (χ1n) is 4.74. The minimum atomic E-state index is 0.579. The Morgan fingerprint density at radius 1 is 1.21 bits per heavy atom. The summed E-state index contributed by atoms with van der Waals surface area (Å²) < 4.78 is 2.08. The summed E-state index contributed by atoms with van der Waals surface area (Å²) in [5.41, 5.74) is 9.31. The summed E-state index contributed by atoms with van der Waals surface area (Å²) >= 11 is 0. The second-order valence-electron chi connectivity index (χ2n) is 3.43. The standard InChI is InChI=1S/C12H14N2/c1-10-4-5-12(11(8-10)9-13)14-6-2-3-7-14/h2-8H,9,13H2,1H3. The van der Waals surface area contributed by atoms with E-state index in [9.17, 15) is 0 Å². The highest BCUT2D eigenvalue weighted by Crippen LogP contribution is 2.16. The molecule has 2 rings (SSSR count). The third-order valence-corrected chi connectivity index (χ3v) is 2.34.